The second-order valence-electron chi connectivity index (χ2n) is 6.03. The zero-order valence-corrected chi connectivity index (χ0v) is 17.6. The van der Waals surface area contributed by atoms with E-state index < -0.39 is 5.97 Å². The molecule has 0 atom stereocenters. The summed E-state index contributed by atoms with van der Waals surface area (Å²) in [6.07, 6.45) is 0. The maximum absolute atomic E-state index is 12.5. The van der Waals surface area contributed by atoms with Gasteiger partial charge in [-0.15, -0.1) is 0 Å². The molecule has 0 radical (unpaired) electrons. The number of hydrogen-bond acceptors (Lipinski definition) is 4. The number of ether oxygens (including phenoxy) is 1. The largest absolute Gasteiger partial charge is 0.465 e. The van der Waals surface area contributed by atoms with E-state index in [1.807, 2.05) is 12.1 Å². The Morgan fingerprint density at radius 2 is 1.48 bits per heavy atom. The Kier molecular flexibility index (Phi) is 6.61. The highest BCUT2D eigenvalue weighted by molar-refractivity contribution is 14.1. The number of nitrogens with one attached hydrogen (secondary N) is 2. The second-order valence-corrected chi connectivity index (χ2v) is 7.28. The number of methoxy groups -OCH3 is 1. The molecule has 6 nitrogen and oxygen atoms in total. The van der Waals surface area contributed by atoms with Crippen molar-refractivity contribution in [2.75, 3.05) is 17.7 Å². The molecule has 0 aliphatic carbocycles. The zero-order valence-electron chi connectivity index (χ0n) is 15.4. The first-order chi connectivity index (χ1) is 14.0. The number of benzene rings is 3. The lowest BCUT2D eigenvalue weighted by atomic mass is 10.1. The van der Waals surface area contributed by atoms with Crippen LogP contribution in [-0.4, -0.2) is 24.9 Å². The van der Waals surface area contributed by atoms with Crippen LogP contribution in [0.25, 0.3) is 0 Å². The number of anilines is 2. The number of para-hydroxylation sites is 1. The van der Waals surface area contributed by atoms with Crippen molar-refractivity contribution in [1.29, 1.82) is 0 Å². The minimum atomic E-state index is -0.533. The van der Waals surface area contributed by atoms with Gasteiger partial charge in [-0.1, -0.05) is 18.2 Å². The molecule has 3 aromatic carbocycles. The van der Waals surface area contributed by atoms with Gasteiger partial charge >= 0.3 is 5.97 Å². The van der Waals surface area contributed by atoms with Gasteiger partial charge in [0.15, 0.2) is 0 Å². The third kappa shape index (κ3) is 5.20. The summed E-state index contributed by atoms with van der Waals surface area (Å²) in [4.78, 5) is 36.7. The van der Waals surface area contributed by atoms with Crippen molar-refractivity contribution in [2.45, 2.75) is 0 Å². The molecule has 0 spiro atoms. The Bertz CT molecular complexity index is 1060. The summed E-state index contributed by atoms with van der Waals surface area (Å²) in [5.41, 5.74) is 2.14. The molecule has 7 heteroatoms. The van der Waals surface area contributed by atoms with Crippen molar-refractivity contribution >= 4 is 51.7 Å². The van der Waals surface area contributed by atoms with E-state index in [4.69, 9.17) is 4.74 Å². The molecule has 3 aromatic rings. The average Bonchev–Trinajstić information content (AvgIpc) is 2.74. The predicted molar refractivity (Wildman–Crippen MR) is 119 cm³/mol. The van der Waals surface area contributed by atoms with Gasteiger partial charge in [-0.3, -0.25) is 9.59 Å². The Hall–Kier alpha value is -3.20. The van der Waals surface area contributed by atoms with E-state index in [9.17, 15) is 14.4 Å². The van der Waals surface area contributed by atoms with Crippen LogP contribution >= 0.6 is 22.6 Å². The Morgan fingerprint density at radius 1 is 0.793 bits per heavy atom. The van der Waals surface area contributed by atoms with Crippen LogP contribution in [0.3, 0.4) is 0 Å². The van der Waals surface area contributed by atoms with Crippen molar-refractivity contribution in [1.82, 2.24) is 0 Å². The Labute approximate surface area is 181 Å². The van der Waals surface area contributed by atoms with Crippen molar-refractivity contribution in [3.8, 4) is 0 Å². The van der Waals surface area contributed by atoms with E-state index in [2.05, 4.69) is 33.2 Å². The molecule has 0 aromatic heterocycles. The highest BCUT2D eigenvalue weighted by Gasteiger charge is 2.14. The van der Waals surface area contributed by atoms with E-state index in [0.29, 0.717) is 22.5 Å². The number of carbonyl (C=O) groups excluding carboxylic acids is 3. The Morgan fingerprint density at radius 3 is 2.17 bits per heavy atom. The maximum Gasteiger partial charge on any atom is 0.339 e. The molecule has 0 aliphatic rings. The SMILES string of the molecule is COC(=O)c1ccccc1NC(=O)c1ccc(NC(=O)c2cccc(I)c2)cc1. The number of amides is 2. The summed E-state index contributed by atoms with van der Waals surface area (Å²) in [5, 5.41) is 5.50. The number of hydrogen-bond donors (Lipinski definition) is 2. The molecule has 2 N–H and O–H groups in total. The van der Waals surface area contributed by atoms with Crippen LogP contribution in [0.2, 0.25) is 0 Å². The first-order valence-corrected chi connectivity index (χ1v) is 9.71. The predicted octanol–water partition coefficient (Wildman–Crippen LogP) is 4.58. The Balaban J connectivity index is 1.70. The molecule has 0 saturated heterocycles. The molecule has 0 fully saturated rings. The van der Waals surface area contributed by atoms with E-state index >= 15 is 0 Å². The summed E-state index contributed by atoms with van der Waals surface area (Å²) >= 11 is 2.15. The van der Waals surface area contributed by atoms with Gasteiger partial charge in [-0.2, -0.15) is 0 Å². The van der Waals surface area contributed by atoms with Gasteiger partial charge in [0.1, 0.15) is 0 Å². The quantitative estimate of drug-likeness (QED) is 0.397. The monoisotopic (exact) mass is 500 g/mol. The van der Waals surface area contributed by atoms with Gasteiger partial charge in [-0.25, -0.2) is 4.79 Å². The summed E-state index contributed by atoms with van der Waals surface area (Å²) < 4.78 is 5.70. The fourth-order valence-corrected chi connectivity index (χ4v) is 3.16. The van der Waals surface area contributed by atoms with Crippen LogP contribution in [0.4, 0.5) is 11.4 Å². The summed E-state index contributed by atoms with van der Waals surface area (Å²) in [6, 6.07) is 20.3. The minimum Gasteiger partial charge on any atom is -0.465 e. The number of halogens is 1. The van der Waals surface area contributed by atoms with E-state index in [-0.39, 0.29) is 17.4 Å². The minimum absolute atomic E-state index is 0.229. The second kappa shape index (κ2) is 9.33. The summed E-state index contributed by atoms with van der Waals surface area (Å²) in [6.45, 7) is 0. The number of esters is 1. The van der Waals surface area contributed by atoms with Gasteiger partial charge in [0.05, 0.1) is 18.4 Å². The van der Waals surface area contributed by atoms with Crippen LogP contribution < -0.4 is 10.6 Å². The molecule has 0 heterocycles. The fourth-order valence-electron chi connectivity index (χ4n) is 2.61. The van der Waals surface area contributed by atoms with Crippen molar-refractivity contribution in [3.63, 3.8) is 0 Å². The van der Waals surface area contributed by atoms with Crippen LogP contribution in [-0.2, 0) is 4.74 Å². The van der Waals surface area contributed by atoms with Gasteiger partial charge in [0.2, 0.25) is 0 Å². The van der Waals surface area contributed by atoms with Gasteiger partial charge in [0.25, 0.3) is 11.8 Å². The van der Waals surface area contributed by atoms with E-state index in [1.54, 1.807) is 60.7 Å². The summed E-state index contributed by atoms with van der Waals surface area (Å²) in [5.74, 6) is -1.14. The molecular formula is C22H17IN2O4. The lowest BCUT2D eigenvalue weighted by molar-refractivity contribution is 0.0601. The summed E-state index contributed by atoms with van der Waals surface area (Å²) in [7, 11) is 1.28. The van der Waals surface area contributed by atoms with E-state index in [0.717, 1.165) is 3.57 Å². The highest BCUT2D eigenvalue weighted by atomic mass is 127. The van der Waals surface area contributed by atoms with Crippen molar-refractivity contribution in [2.24, 2.45) is 0 Å². The van der Waals surface area contributed by atoms with E-state index in [1.165, 1.54) is 7.11 Å². The first-order valence-electron chi connectivity index (χ1n) is 8.63. The van der Waals surface area contributed by atoms with Crippen LogP contribution in [0, 0.1) is 3.57 Å². The highest BCUT2D eigenvalue weighted by Crippen LogP contribution is 2.18. The topological polar surface area (TPSA) is 84.5 Å². The molecular weight excluding hydrogens is 483 g/mol. The van der Waals surface area contributed by atoms with Gasteiger partial charge in [0, 0.05) is 20.4 Å². The molecule has 2 amide bonds. The zero-order chi connectivity index (χ0) is 20.8. The molecule has 0 aliphatic heterocycles. The number of carbonyl (C=O) groups is 3. The smallest absolute Gasteiger partial charge is 0.339 e. The lowest BCUT2D eigenvalue weighted by Crippen LogP contribution is -2.16. The standard InChI is InChI=1S/C22H17IN2O4/c1-29-22(28)18-7-2-3-8-19(18)25-20(26)14-9-11-17(12-10-14)24-21(27)15-5-4-6-16(23)13-15/h2-13H,1H3,(H,24,27)(H,25,26). The van der Waals surface area contributed by atoms with Gasteiger partial charge < -0.3 is 15.4 Å². The van der Waals surface area contributed by atoms with Crippen LogP contribution in [0.1, 0.15) is 31.1 Å². The van der Waals surface area contributed by atoms with Gasteiger partial charge in [-0.05, 0) is 77.2 Å². The third-order valence-electron chi connectivity index (χ3n) is 4.07. The first kappa shape index (κ1) is 20.5. The third-order valence-corrected chi connectivity index (χ3v) is 4.74. The van der Waals surface area contributed by atoms with Crippen LogP contribution in [0.15, 0.2) is 72.8 Å². The average molecular weight is 500 g/mol. The maximum atomic E-state index is 12.5. The lowest BCUT2D eigenvalue weighted by Gasteiger charge is -2.10. The molecule has 29 heavy (non-hydrogen) atoms. The van der Waals surface area contributed by atoms with Crippen LogP contribution in [0.5, 0.6) is 0 Å². The fraction of sp³-hybridized carbons (Fsp3) is 0.0455. The van der Waals surface area contributed by atoms with Crippen molar-refractivity contribution < 1.29 is 19.1 Å². The molecule has 0 unspecified atom stereocenters. The molecule has 0 saturated carbocycles. The van der Waals surface area contributed by atoms with Crippen molar-refractivity contribution in [3.05, 3.63) is 93.1 Å². The molecule has 146 valence electrons. The molecule has 3 rings (SSSR count). The normalized spacial score (nSPS) is 10.1. The molecule has 0 bridgehead atoms. The number of rotatable bonds is 5.